The smallest absolute Gasteiger partial charge is 0.338 e. The van der Waals surface area contributed by atoms with Gasteiger partial charge in [-0.25, -0.2) is 9.59 Å². The lowest BCUT2D eigenvalue weighted by Crippen LogP contribution is -2.49. The van der Waals surface area contributed by atoms with E-state index >= 15 is 0 Å². The molecule has 1 aliphatic rings. The van der Waals surface area contributed by atoms with Crippen LogP contribution < -0.4 is 10.1 Å². The van der Waals surface area contributed by atoms with Gasteiger partial charge in [0.15, 0.2) is 0 Å². The molecule has 0 bridgehead atoms. The minimum Gasteiger partial charge on any atom is -0.488 e. The summed E-state index contributed by atoms with van der Waals surface area (Å²) in [5.41, 5.74) is 1.72. The molecule has 2 aromatic carbocycles. The SMILES string of the molecule is CC1=C(C(=O)OC(C)C)C(c2cccc(Cl)c2)N(CCCN(C)C(=O)c2ccc(OC(C)(C)C)cc2)C(=O)N1. The number of benzene rings is 2. The van der Waals surface area contributed by atoms with Crippen LogP contribution >= 0.6 is 11.6 Å². The maximum absolute atomic E-state index is 13.1. The highest BCUT2D eigenvalue weighted by Crippen LogP contribution is 2.35. The fourth-order valence-corrected chi connectivity index (χ4v) is 4.59. The number of ether oxygens (including phenoxy) is 2. The van der Waals surface area contributed by atoms with Gasteiger partial charge in [0, 0.05) is 36.4 Å². The second-order valence-corrected chi connectivity index (χ2v) is 11.3. The first-order chi connectivity index (χ1) is 18.3. The fraction of sp³-hybridized carbons (Fsp3) is 0.433. The van der Waals surface area contributed by atoms with Crippen LogP contribution in [0.3, 0.4) is 0 Å². The van der Waals surface area contributed by atoms with Crippen LogP contribution in [0.1, 0.15) is 69.9 Å². The van der Waals surface area contributed by atoms with Gasteiger partial charge in [-0.3, -0.25) is 4.79 Å². The minimum absolute atomic E-state index is 0.135. The Balaban J connectivity index is 1.75. The van der Waals surface area contributed by atoms with E-state index in [4.69, 9.17) is 21.1 Å². The van der Waals surface area contributed by atoms with E-state index in [0.717, 1.165) is 0 Å². The van der Waals surface area contributed by atoms with Gasteiger partial charge >= 0.3 is 12.0 Å². The maximum atomic E-state index is 13.1. The van der Waals surface area contributed by atoms with Crippen LogP contribution in [0.2, 0.25) is 5.02 Å². The van der Waals surface area contributed by atoms with Crippen LogP contribution in [-0.4, -0.2) is 59.5 Å². The van der Waals surface area contributed by atoms with Gasteiger partial charge in [0.05, 0.1) is 17.7 Å². The Labute approximate surface area is 235 Å². The number of allylic oxidation sites excluding steroid dienone is 1. The van der Waals surface area contributed by atoms with Gasteiger partial charge in [0.25, 0.3) is 5.91 Å². The number of rotatable bonds is 9. The van der Waals surface area contributed by atoms with E-state index in [1.54, 1.807) is 80.1 Å². The standard InChI is InChI=1S/C30H38ClN3O5/c1-19(2)38-28(36)25-20(3)32-29(37)34(26(25)22-10-8-11-23(31)18-22)17-9-16-33(7)27(35)21-12-14-24(15-13-21)39-30(4,5)6/h8,10-15,18-19,26H,9,16-17H2,1-7H3,(H,32,37). The van der Waals surface area contributed by atoms with Crippen molar-refractivity contribution in [1.29, 1.82) is 0 Å². The molecule has 0 radical (unpaired) electrons. The maximum Gasteiger partial charge on any atom is 0.338 e. The summed E-state index contributed by atoms with van der Waals surface area (Å²) < 4.78 is 11.3. The van der Waals surface area contributed by atoms with E-state index in [0.29, 0.717) is 52.7 Å². The van der Waals surface area contributed by atoms with E-state index in [9.17, 15) is 14.4 Å². The lowest BCUT2D eigenvalue weighted by atomic mass is 9.93. The summed E-state index contributed by atoms with van der Waals surface area (Å²) in [6.07, 6.45) is 0.168. The highest BCUT2D eigenvalue weighted by Gasteiger charge is 2.38. The highest BCUT2D eigenvalue weighted by atomic mass is 35.5. The lowest BCUT2D eigenvalue weighted by molar-refractivity contribution is -0.143. The molecule has 0 saturated carbocycles. The van der Waals surface area contributed by atoms with Gasteiger partial charge in [0.1, 0.15) is 11.4 Å². The molecule has 1 atom stereocenters. The summed E-state index contributed by atoms with van der Waals surface area (Å²) >= 11 is 6.27. The zero-order chi connectivity index (χ0) is 28.9. The molecular weight excluding hydrogens is 518 g/mol. The average Bonchev–Trinajstić information content (AvgIpc) is 2.83. The average molecular weight is 556 g/mol. The number of halogens is 1. The van der Waals surface area contributed by atoms with Gasteiger partial charge in [-0.15, -0.1) is 0 Å². The number of nitrogens with zero attached hydrogens (tertiary/aromatic N) is 2. The zero-order valence-electron chi connectivity index (χ0n) is 23.7. The number of hydrogen-bond acceptors (Lipinski definition) is 5. The minimum atomic E-state index is -0.680. The van der Waals surface area contributed by atoms with Gasteiger partial charge in [-0.05, 0) is 89.9 Å². The van der Waals surface area contributed by atoms with Crippen LogP contribution in [-0.2, 0) is 9.53 Å². The fourth-order valence-electron chi connectivity index (χ4n) is 4.39. The Morgan fingerprint density at radius 3 is 2.38 bits per heavy atom. The van der Waals surface area contributed by atoms with E-state index in [2.05, 4.69) is 5.32 Å². The molecule has 3 amide bonds. The van der Waals surface area contributed by atoms with E-state index in [1.165, 1.54) is 0 Å². The largest absolute Gasteiger partial charge is 0.488 e. The molecule has 8 nitrogen and oxygen atoms in total. The van der Waals surface area contributed by atoms with Crippen LogP contribution in [0.5, 0.6) is 5.75 Å². The zero-order valence-corrected chi connectivity index (χ0v) is 24.5. The van der Waals surface area contributed by atoms with Gasteiger partial charge in [-0.2, -0.15) is 0 Å². The van der Waals surface area contributed by atoms with Crippen LogP contribution in [0.4, 0.5) is 4.79 Å². The summed E-state index contributed by atoms with van der Waals surface area (Å²) in [7, 11) is 1.72. The van der Waals surface area contributed by atoms with Crippen molar-refractivity contribution in [2.75, 3.05) is 20.1 Å². The lowest BCUT2D eigenvalue weighted by Gasteiger charge is -2.38. The number of amides is 3. The molecule has 0 spiro atoms. The number of urea groups is 1. The molecule has 1 unspecified atom stereocenters. The molecule has 210 valence electrons. The van der Waals surface area contributed by atoms with Crippen molar-refractivity contribution in [1.82, 2.24) is 15.1 Å². The van der Waals surface area contributed by atoms with Crippen molar-refractivity contribution in [3.05, 3.63) is 76.0 Å². The van der Waals surface area contributed by atoms with Gasteiger partial charge in [-0.1, -0.05) is 23.7 Å². The molecular formula is C30H38ClN3O5. The Morgan fingerprint density at radius 2 is 1.79 bits per heavy atom. The monoisotopic (exact) mass is 555 g/mol. The van der Waals surface area contributed by atoms with Crippen molar-refractivity contribution < 1.29 is 23.9 Å². The van der Waals surface area contributed by atoms with Crippen LogP contribution in [0.25, 0.3) is 0 Å². The van der Waals surface area contributed by atoms with E-state index in [1.807, 2.05) is 26.8 Å². The predicted molar refractivity (Wildman–Crippen MR) is 152 cm³/mol. The Bertz CT molecular complexity index is 1230. The molecule has 1 heterocycles. The van der Waals surface area contributed by atoms with Gasteiger partial charge in [0.2, 0.25) is 0 Å². The number of carbonyl (C=O) groups is 3. The van der Waals surface area contributed by atoms with Crippen LogP contribution in [0.15, 0.2) is 59.8 Å². The molecule has 9 heteroatoms. The molecule has 39 heavy (non-hydrogen) atoms. The molecule has 0 fully saturated rings. The first-order valence-corrected chi connectivity index (χ1v) is 13.4. The number of esters is 1. The van der Waals surface area contributed by atoms with Gasteiger partial charge < -0.3 is 24.6 Å². The normalized spacial score (nSPS) is 15.8. The van der Waals surface area contributed by atoms with Crippen molar-refractivity contribution in [3.8, 4) is 5.75 Å². The van der Waals surface area contributed by atoms with Crippen molar-refractivity contribution in [2.45, 2.75) is 65.7 Å². The predicted octanol–water partition coefficient (Wildman–Crippen LogP) is 5.97. The Kier molecular flexibility index (Phi) is 9.67. The second kappa shape index (κ2) is 12.6. The highest BCUT2D eigenvalue weighted by molar-refractivity contribution is 6.30. The number of hydrogen-bond donors (Lipinski definition) is 1. The quantitative estimate of drug-likeness (QED) is 0.385. The van der Waals surface area contributed by atoms with Crippen LogP contribution in [0, 0.1) is 0 Å². The summed E-state index contributed by atoms with van der Waals surface area (Å²) in [5, 5.41) is 3.29. The molecule has 0 aromatic heterocycles. The summed E-state index contributed by atoms with van der Waals surface area (Å²) in [6.45, 7) is 11.8. The first kappa shape index (κ1) is 30.0. The molecule has 2 aromatic rings. The molecule has 0 saturated heterocycles. The third kappa shape index (κ3) is 7.99. The number of nitrogens with one attached hydrogen (secondary N) is 1. The summed E-state index contributed by atoms with van der Waals surface area (Å²) in [5.74, 6) is 0.0624. The Morgan fingerprint density at radius 1 is 1.13 bits per heavy atom. The molecule has 1 N–H and O–H groups in total. The molecule has 3 rings (SSSR count). The molecule has 1 aliphatic heterocycles. The summed E-state index contributed by atoms with van der Waals surface area (Å²) in [6, 6.07) is 13.1. The molecule has 0 aliphatic carbocycles. The number of carbonyl (C=O) groups excluding carboxylic acids is 3. The second-order valence-electron chi connectivity index (χ2n) is 10.9. The van der Waals surface area contributed by atoms with E-state index < -0.39 is 12.0 Å². The van der Waals surface area contributed by atoms with Crippen molar-refractivity contribution >= 4 is 29.5 Å². The van der Waals surface area contributed by atoms with Crippen molar-refractivity contribution in [2.24, 2.45) is 0 Å². The van der Waals surface area contributed by atoms with E-state index in [-0.39, 0.29) is 23.6 Å². The summed E-state index contributed by atoms with van der Waals surface area (Å²) in [4.78, 5) is 42.5. The Hall–Kier alpha value is -3.52. The third-order valence-corrected chi connectivity index (χ3v) is 6.27. The topological polar surface area (TPSA) is 88.2 Å². The van der Waals surface area contributed by atoms with Crippen molar-refractivity contribution in [3.63, 3.8) is 0 Å². The third-order valence-electron chi connectivity index (χ3n) is 6.04. The first-order valence-electron chi connectivity index (χ1n) is 13.1.